The second kappa shape index (κ2) is 6.08. The molecule has 9 heteroatoms. The third-order valence-corrected chi connectivity index (χ3v) is 2.76. The quantitative estimate of drug-likeness (QED) is 0.333. The molecule has 112 valence electrons. The van der Waals surface area contributed by atoms with Gasteiger partial charge < -0.3 is 19.7 Å². The number of esters is 1. The molecule has 2 N–H and O–H groups in total. The monoisotopic (exact) mass is 287 g/mol. The summed E-state index contributed by atoms with van der Waals surface area (Å²) < 4.78 is 10.2. The van der Waals surface area contributed by atoms with Crippen LogP contribution < -0.4 is 0 Å². The smallest absolute Gasteiger partial charge is 0.335 e. The van der Waals surface area contributed by atoms with Crippen molar-refractivity contribution in [1.82, 2.24) is 0 Å². The average Bonchev–Trinajstić information content (AvgIpc) is 2.63. The summed E-state index contributed by atoms with van der Waals surface area (Å²) in [6.07, 6.45) is -5.22. The summed E-state index contributed by atoms with van der Waals surface area (Å²) in [6, 6.07) is 0. The Balaban J connectivity index is 2.89. The highest BCUT2D eigenvalue weighted by Crippen LogP contribution is 2.27. The maximum atomic E-state index is 11.8. The van der Waals surface area contributed by atoms with Crippen molar-refractivity contribution >= 4 is 11.9 Å². The Bertz CT molecular complexity index is 440. The molecule has 0 aromatic heterocycles. The van der Waals surface area contributed by atoms with Crippen LogP contribution in [0.1, 0.15) is 20.8 Å². The van der Waals surface area contributed by atoms with Crippen LogP contribution in [-0.4, -0.2) is 53.1 Å². The molecule has 0 unspecified atom stereocenters. The molecule has 4 atom stereocenters. The van der Waals surface area contributed by atoms with Crippen LogP contribution in [0.2, 0.25) is 0 Å². The number of carbonyl (C=O) groups is 2. The molecule has 9 nitrogen and oxygen atoms in total. The first-order valence-electron chi connectivity index (χ1n) is 5.96. The van der Waals surface area contributed by atoms with Gasteiger partial charge in [-0.15, -0.1) is 0 Å². The van der Waals surface area contributed by atoms with Gasteiger partial charge in [-0.2, -0.15) is 0 Å². The Morgan fingerprint density at radius 1 is 1.45 bits per heavy atom. The molecule has 0 aliphatic carbocycles. The van der Waals surface area contributed by atoms with E-state index in [-0.39, 0.29) is 6.54 Å². The molecule has 0 aromatic rings. The fraction of sp³-hybridized carbons (Fsp3) is 0.818. The molecule has 1 aliphatic rings. The molecular formula is C11H17N3O6. The van der Waals surface area contributed by atoms with Gasteiger partial charge in [0.05, 0.1) is 12.0 Å². The van der Waals surface area contributed by atoms with E-state index in [1.54, 1.807) is 20.8 Å². The first-order chi connectivity index (χ1) is 9.18. The lowest BCUT2D eigenvalue weighted by atomic mass is 9.97. The van der Waals surface area contributed by atoms with Crippen molar-refractivity contribution in [3.63, 3.8) is 0 Å². The van der Waals surface area contributed by atoms with Crippen LogP contribution in [0.3, 0.4) is 0 Å². The number of azide groups is 1. The molecule has 20 heavy (non-hydrogen) atoms. The second-order valence-electron chi connectivity index (χ2n) is 5.46. The van der Waals surface area contributed by atoms with Crippen molar-refractivity contribution < 1.29 is 29.3 Å². The molecule has 0 radical (unpaired) electrons. The molecule has 0 spiro atoms. The number of carbonyl (C=O) groups excluding carboxylic acids is 1. The van der Waals surface area contributed by atoms with Crippen molar-refractivity contribution in [2.45, 2.75) is 45.2 Å². The van der Waals surface area contributed by atoms with E-state index >= 15 is 0 Å². The van der Waals surface area contributed by atoms with Crippen molar-refractivity contribution in [3.05, 3.63) is 10.4 Å². The summed E-state index contributed by atoms with van der Waals surface area (Å²) in [7, 11) is 0. The summed E-state index contributed by atoms with van der Waals surface area (Å²) in [5.74, 6) is -1.99. The Morgan fingerprint density at radius 2 is 2.05 bits per heavy atom. The van der Waals surface area contributed by atoms with Crippen LogP contribution in [0, 0.1) is 5.41 Å². The molecule has 1 rings (SSSR count). The predicted octanol–water partition coefficient (Wildman–Crippen LogP) is 0.467. The molecule has 1 heterocycles. The fourth-order valence-corrected chi connectivity index (χ4v) is 1.65. The number of carboxylic acid groups (broad SMARTS) is 1. The minimum Gasteiger partial charge on any atom is -0.479 e. The number of rotatable bonds is 4. The van der Waals surface area contributed by atoms with Gasteiger partial charge in [-0.3, -0.25) is 4.79 Å². The second-order valence-corrected chi connectivity index (χ2v) is 5.46. The van der Waals surface area contributed by atoms with Gasteiger partial charge in [0.2, 0.25) is 0 Å². The SMILES string of the molecule is CC(C)(C)C(=O)O[C@H]1[C@H](O)[C@H](C(=O)O)O[C@@H]1CN=[N+]=[N-]. The Labute approximate surface area is 115 Å². The Hall–Kier alpha value is -1.83. The van der Waals surface area contributed by atoms with E-state index in [2.05, 4.69) is 10.0 Å². The van der Waals surface area contributed by atoms with E-state index < -0.39 is 41.8 Å². The molecule has 0 aromatic carbocycles. The lowest BCUT2D eigenvalue weighted by Crippen LogP contribution is -2.42. The van der Waals surface area contributed by atoms with Crippen LogP contribution in [0.4, 0.5) is 0 Å². The molecule has 1 aliphatic heterocycles. The van der Waals surface area contributed by atoms with Gasteiger partial charge in [0.15, 0.2) is 12.2 Å². The highest BCUT2D eigenvalue weighted by molar-refractivity contribution is 5.76. The largest absolute Gasteiger partial charge is 0.479 e. The van der Waals surface area contributed by atoms with Gasteiger partial charge in [0.1, 0.15) is 12.2 Å². The number of hydrogen-bond acceptors (Lipinski definition) is 6. The van der Waals surface area contributed by atoms with Crippen LogP contribution in [0.5, 0.6) is 0 Å². The van der Waals surface area contributed by atoms with Crippen molar-refractivity contribution in [3.8, 4) is 0 Å². The zero-order valence-corrected chi connectivity index (χ0v) is 11.4. The molecule has 0 amide bonds. The number of nitrogens with zero attached hydrogens (tertiary/aromatic N) is 3. The zero-order chi connectivity index (χ0) is 15.5. The van der Waals surface area contributed by atoms with Crippen molar-refractivity contribution in [1.29, 1.82) is 0 Å². The summed E-state index contributed by atoms with van der Waals surface area (Å²) >= 11 is 0. The van der Waals surface area contributed by atoms with Gasteiger partial charge in [-0.05, 0) is 26.3 Å². The van der Waals surface area contributed by atoms with Crippen LogP contribution in [0.25, 0.3) is 10.4 Å². The molecule has 0 saturated carbocycles. The Morgan fingerprint density at radius 3 is 2.50 bits per heavy atom. The normalized spacial score (nSPS) is 29.6. The lowest BCUT2D eigenvalue weighted by Gasteiger charge is -2.24. The number of hydrogen-bond donors (Lipinski definition) is 2. The standard InChI is InChI=1S/C11H17N3O6/c1-11(2,3)10(18)20-7-5(4-13-14-12)19-8(6(7)15)9(16)17/h5-8,15H,4H2,1-3H3,(H,16,17)/t5-,6+,7-,8-/m1/s1. The molecule has 0 bridgehead atoms. The maximum absolute atomic E-state index is 11.8. The van der Waals surface area contributed by atoms with Gasteiger partial charge in [-0.1, -0.05) is 5.11 Å². The minimum absolute atomic E-state index is 0.237. The number of aliphatic carboxylic acids is 1. The first-order valence-corrected chi connectivity index (χ1v) is 5.96. The molecule has 1 fully saturated rings. The van der Waals surface area contributed by atoms with E-state index in [0.717, 1.165) is 0 Å². The van der Waals surface area contributed by atoms with Crippen LogP contribution in [0.15, 0.2) is 5.11 Å². The third kappa shape index (κ3) is 3.60. The van der Waals surface area contributed by atoms with Gasteiger partial charge >= 0.3 is 11.9 Å². The summed E-state index contributed by atoms with van der Waals surface area (Å²) in [5, 5.41) is 22.1. The predicted molar refractivity (Wildman–Crippen MR) is 65.7 cm³/mol. The minimum atomic E-state index is -1.52. The number of carboxylic acids is 1. The molecular weight excluding hydrogens is 270 g/mol. The van der Waals surface area contributed by atoms with E-state index in [1.807, 2.05) is 0 Å². The third-order valence-electron chi connectivity index (χ3n) is 2.76. The van der Waals surface area contributed by atoms with E-state index in [0.29, 0.717) is 0 Å². The van der Waals surface area contributed by atoms with Crippen LogP contribution in [-0.2, 0) is 19.1 Å². The van der Waals surface area contributed by atoms with Gasteiger partial charge in [-0.25, -0.2) is 4.79 Å². The highest BCUT2D eigenvalue weighted by atomic mass is 16.6. The topological polar surface area (TPSA) is 142 Å². The summed E-state index contributed by atoms with van der Waals surface area (Å²) in [5.41, 5.74) is 7.47. The van der Waals surface area contributed by atoms with Gasteiger partial charge in [0.25, 0.3) is 0 Å². The zero-order valence-electron chi connectivity index (χ0n) is 11.4. The van der Waals surface area contributed by atoms with Crippen LogP contribution >= 0.6 is 0 Å². The maximum Gasteiger partial charge on any atom is 0.335 e. The Kier molecular flexibility index (Phi) is 4.93. The first kappa shape index (κ1) is 16.2. The highest BCUT2D eigenvalue weighted by Gasteiger charge is 2.49. The number of aliphatic hydroxyl groups excluding tert-OH is 1. The van der Waals surface area contributed by atoms with E-state index in [4.69, 9.17) is 20.1 Å². The summed E-state index contributed by atoms with van der Waals surface area (Å²) in [4.78, 5) is 25.3. The number of aliphatic hydroxyl groups is 1. The fourth-order valence-electron chi connectivity index (χ4n) is 1.65. The lowest BCUT2D eigenvalue weighted by molar-refractivity contribution is -0.165. The van der Waals surface area contributed by atoms with Gasteiger partial charge in [0, 0.05) is 4.91 Å². The van der Waals surface area contributed by atoms with E-state index in [9.17, 15) is 14.7 Å². The number of ether oxygens (including phenoxy) is 2. The van der Waals surface area contributed by atoms with E-state index in [1.165, 1.54) is 0 Å². The summed E-state index contributed by atoms with van der Waals surface area (Å²) in [6.45, 7) is 4.62. The van der Waals surface area contributed by atoms with Crippen molar-refractivity contribution in [2.75, 3.05) is 6.54 Å². The van der Waals surface area contributed by atoms with Crippen molar-refractivity contribution in [2.24, 2.45) is 10.5 Å². The average molecular weight is 287 g/mol. The molecule has 1 saturated heterocycles.